The van der Waals surface area contributed by atoms with Gasteiger partial charge in [-0.1, -0.05) is 6.92 Å². The number of thioether (sulfide) groups is 1. The SMILES string of the molecule is CC1CC(Nc2cccnc2N(C)C)CS1. The molecule has 2 heterocycles. The lowest BCUT2D eigenvalue weighted by molar-refractivity contribution is 0.746. The van der Waals surface area contributed by atoms with Crippen LogP contribution < -0.4 is 10.2 Å². The van der Waals surface area contributed by atoms with Gasteiger partial charge in [-0.3, -0.25) is 0 Å². The average Bonchev–Trinajstić information content (AvgIpc) is 2.64. The van der Waals surface area contributed by atoms with Crippen LogP contribution in [0.3, 0.4) is 0 Å². The Bertz CT molecular complexity index is 354. The summed E-state index contributed by atoms with van der Waals surface area (Å²) >= 11 is 2.04. The Labute approximate surface area is 102 Å². The van der Waals surface area contributed by atoms with Crippen molar-refractivity contribution in [3.63, 3.8) is 0 Å². The van der Waals surface area contributed by atoms with Gasteiger partial charge in [0, 0.05) is 37.3 Å². The van der Waals surface area contributed by atoms with Crippen molar-refractivity contribution in [2.75, 3.05) is 30.1 Å². The molecule has 0 amide bonds. The molecular formula is C12H19N3S. The highest BCUT2D eigenvalue weighted by atomic mass is 32.2. The Morgan fingerprint density at radius 2 is 2.31 bits per heavy atom. The lowest BCUT2D eigenvalue weighted by Gasteiger charge is -2.19. The molecule has 2 atom stereocenters. The van der Waals surface area contributed by atoms with E-state index in [-0.39, 0.29) is 0 Å². The van der Waals surface area contributed by atoms with Crippen molar-refractivity contribution in [2.45, 2.75) is 24.6 Å². The third kappa shape index (κ3) is 2.61. The summed E-state index contributed by atoms with van der Waals surface area (Å²) in [4.78, 5) is 6.45. The molecule has 2 unspecified atom stereocenters. The van der Waals surface area contributed by atoms with Crippen LogP contribution in [-0.4, -0.2) is 36.1 Å². The number of anilines is 2. The van der Waals surface area contributed by atoms with Crippen LogP contribution in [0, 0.1) is 0 Å². The highest BCUT2D eigenvalue weighted by Crippen LogP contribution is 2.30. The van der Waals surface area contributed by atoms with E-state index in [1.54, 1.807) is 0 Å². The van der Waals surface area contributed by atoms with Gasteiger partial charge in [0.15, 0.2) is 5.82 Å². The van der Waals surface area contributed by atoms with Crippen molar-refractivity contribution in [3.05, 3.63) is 18.3 Å². The zero-order valence-corrected chi connectivity index (χ0v) is 10.9. The molecule has 1 aliphatic heterocycles. The van der Waals surface area contributed by atoms with Crippen molar-refractivity contribution in [3.8, 4) is 0 Å². The Hall–Kier alpha value is -0.900. The molecular weight excluding hydrogens is 218 g/mol. The zero-order chi connectivity index (χ0) is 11.5. The quantitative estimate of drug-likeness (QED) is 0.874. The molecule has 88 valence electrons. The van der Waals surface area contributed by atoms with Crippen LogP contribution in [0.5, 0.6) is 0 Å². The fraction of sp³-hybridized carbons (Fsp3) is 0.583. The summed E-state index contributed by atoms with van der Waals surface area (Å²) in [5.41, 5.74) is 1.15. The first-order valence-corrected chi connectivity index (χ1v) is 6.72. The van der Waals surface area contributed by atoms with E-state index in [1.165, 1.54) is 12.2 Å². The second-order valence-corrected chi connectivity index (χ2v) is 5.96. The van der Waals surface area contributed by atoms with Crippen LogP contribution in [0.15, 0.2) is 18.3 Å². The van der Waals surface area contributed by atoms with Crippen molar-refractivity contribution in [2.24, 2.45) is 0 Å². The summed E-state index contributed by atoms with van der Waals surface area (Å²) in [6.45, 7) is 2.29. The van der Waals surface area contributed by atoms with E-state index in [1.807, 2.05) is 43.0 Å². The van der Waals surface area contributed by atoms with Gasteiger partial charge < -0.3 is 10.2 Å². The molecule has 1 aliphatic rings. The maximum absolute atomic E-state index is 4.40. The molecule has 0 saturated carbocycles. The van der Waals surface area contributed by atoms with Crippen LogP contribution in [0.2, 0.25) is 0 Å². The van der Waals surface area contributed by atoms with Crippen LogP contribution in [0.4, 0.5) is 11.5 Å². The third-order valence-electron chi connectivity index (χ3n) is 2.77. The molecule has 1 N–H and O–H groups in total. The fourth-order valence-electron chi connectivity index (χ4n) is 2.00. The second-order valence-electron chi connectivity index (χ2n) is 4.49. The lowest BCUT2D eigenvalue weighted by Crippen LogP contribution is -2.22. The fourth-order valence-corrected chi connectivity index (χ4v) is 3.15. The van der Waals surface area contributed by atoms with E-state index in [9.17, 15) is 0 Å². The molecule has 2 rings (SSSR count). The Morgan fingerprint density at radius 1 is 1.50 bits per heavy atom. The van der Waals surface area contributed by atoms with E-state index >= 15 is 0 Å². The highest BCUT2D eigenvalue weighted by Gasteiger charge is 2.22. The Morgan fingerprint density at radius 3 is 2.94 bits per heavy atom. The molecule has 16 heavy (non-hydrogen) atoms. The van der Waals surface area contributed by atoms with Gasteiger partial charge in [-0.25, -0.2) is 4.98 Å². The minimum absolute atomic E-state index is 0.586. The molecule has 0 spiro atoms. The molecule has 3 nitrogen and oxygen atoms in total. The monoisotopic (exact) mass is 237 g/mol. The van der Waals surface area contributed by atoms with E-state index < -0.39 is 0 Å². The van der Waals surface area contributed by atoms with Crippen molar-refractivity contribution in [1.29, 1.82) is 0 Å². The smallest absolute Gasteiger partial charge is 0.151 e. The van der Waals surface area contributed by atoms with Crippen LogP contribution >= 0.6 is 11.8 Å². The van der Waals surface area contributed by atoms with Gasteiger partial charge in [0.2, 0.25) is 0 Å². The summed E-state index contributed by atoms with van der Waals surface area (Å²) in [7, 11) is 4.05. The molecule has 0 aliphatic carbocycles. The first kappa shape index (κ1) is 11.6. The lowest BCUT2D eigenvalue weighted by atomic mass is 10.2. The van der Waals surface area contributed by atoms with E-state index in [2.05, 4.69) is 23.3 Å². The minimum atomic E-state index is 0.586. The molecule has 0 bridgehead atoms. The van der Waals surface area contributed by atoms with E-state index in [0.29, 0.717) is 6.04 Å². The number of nitrogens with one attached hydrogen (secondary N) is 1. The normalized spacial score (nSPS) is 24.4. The molecule has 1 aromatic heterocycles. The minimum Gasteiger partial charge on any atom is -0.378 e. The van der Waals surface area contributed by atoms with E-state index in [4.69, 9.17) is 0 Å². The molecule has 1 saturated heterocycles. The summed E-state index contributed by atoms with van der Waals surface area (Å²) < 4.78 is 0. The maximum Gasteiger partial charge on any atom is 0.151 e. The Kier molecular flexibility index (Phi) is 3.59. The maximum atomic E-state index is 4.40. The number of pyridine rings is 1. The highest BCUT2D eigenvalue weighted by molar-refractivity contribution is 8.00. The summed E-state index contributed by atoms with van der Waals surface area (Å²) in [5.74, 6) is 2.22. The predicted octanol–water partition coefficient (Wildman–Crippen LogP) is 2.45. The van der Waals surface area contributed by atoms with Crippen molar-refractivity contribution < 1.29 is 0 Å². The van der Waals surface area contributed by atoms with Crippen molar-refractivity contribution in [1.82, 2.24) is 4.98 Å². The molecule has 1 fully saturated rings. The number of nitrogens with zero attached hydrogens (tertiary/aromatic N) is 2. The summed E-state index contributed by atoms with van der Waals surface area (Å²) in [6, 6.07) is 4.68. The summed E-state index contributed by atoms with van der Waals surface area (Å²) in [5, 5.41) is 4.37. The van der Waals surface area contributed by atoms with Gasteiger partial charge in [0.05, 0.1) is 5.69 Å². The molecule has 0 radical (unpaired) electrons. The third-order valence-corrected chi connectivity index (χ3v) is 4.12. The second kappa shape index (κ2) is 4.95. The van der Waals surface area contributed by atoms with Gasteiger partial charge in [0.25, 0.3) is 0 Å². The van der Waals surface area contributed by atoms with Gasteiger partial charge in [-0.05, 0) is 18.6 Å². The standard InChI is InChI=1S/C12H19N3S/c1-9-7-10(8-16-9)14-11-5-4-6-13-12(11)15(2)3/h4-6,9-10,14H,7-8H2,1-3H3. The number of rotatable bonds is 3. The zero-order valence-electron chi connectivity index (χ0n) is 10.1. The van der Waals surface area contributed by atoms with E-state index in [0.717, 1.165) is 16.8 Å². The number of hydrogen-bond donors (Lipinski definition) is 1. The average molecular weight is 237 g/mol. The number of hydrogen-bond acceptors (Lipinski definition) is 4. The van der Waals surface area contributed by atoms with Gasteiger partial charge in [-0.15, -0.1) is 0 Å². The van der Waals surface area contributed by atoms with Crippen molar-refractivity contribution >= 4 is 23.3 Å². The van der Waals surface area contributed by atoms with Crippen LogP contribution in [0.25, 0.3) is 0 Å². The largest absolute Gasteiger partial charge is 0.378 e. The molecule has 1 aromatic rings. The first-order chi connectivity index (χ1) is 7.66. The summed E-state index contributed by atoms with van der Waals surface area (Å²) in [6.07, 6.45) is 3.08. The van der Waals surface area contributed by atoms with Gasteiger partial charge in [0.1, 0.15) is 0 Å². The topological polar surface area (TPSA) is 28.2 Å². The number of aromatic nitrogens is 1. The molecule has 0 aromatic carbocycles. The predicted molar refractivity (Wildman–Crippen MR) is 72.5 cm³/mol. The molecule has 4 heteroatoms. The Balaban J connectivity index is 2.09. The van der Waals surface area contributed by atoms with Gasteiger partial charge >= 0.3 is 0 Å². The van der Waals surface area contributed by atoms with Crippen LogP contribution in [-0.2, 0) is 0 Å². The first-order valence-electron chi connectivity index (χ1n) is 5.67. The van der Waals surface area contributed by atoms with Gasteiger partial charge in [-0.2, -0.15) is 11.8 Å². The van der Waals surface area contributed by atoms with Crippen LogP contribution in [0.1, 0.15) is 13.3 Å².